The van der Waals surface area contributed by atoms with E-state index in [2.05, 4.69) is 20.7 Å². The largest absolute Gasteiger partial charge is 0.460 e. The molecule has 0 bridgehead atoms. The van der Waals surface area contributed by atoms with Gasteiger partial charge in [0, 0.05) is 4.47 Å². The first-order valence-corrected chi connectivity index (χ1v) is 10.4. The number of nitriles is 1. The minimum Gasteiger partial charge on any atom is -0.460 e. The zero-order valence-electron chi connectivity index (χ0n) is 14.8. The first-order valence-electron chi connectivity index (χ1n) is 8.16. The molecule has 1 unspecified atom stereocenters. The number of rotatable bonds is 7. The molecule has 0 aliphatic heterocycles. The summed E-state index contributed by atoms with van der Waals surface area (Å²) in [6.07, 6.45) is 0. The number of benzene rings is 2. The van der Waals surface area contributed by atoms with Crippen LogP contribution >= 0.6 is 15.9 Å². The molecule has 0 saturated heterocycles. The molecule has 0 spiro atoms. The quantitative estimate of drug-likeness (QED) is 0.652. The van der Waals surface area contributed by atoms with Gasteiger partial charge in [0.05, 0.1) is 16.5 Å². The van der Waals surface area contributed by atoms with Crippen LogP contribution in [-0.4, -0.2) is 20.4 Å². The molecule has 2 aromatic rings. The predicted octanol–water partition coefficient (Wildman–Crippen LogP) is 3.37. The molecule has 2 aromatic carbocycles. The van der Waals surface area contributed by atoms with Gasteiger partial charge in [0.25, 0.3) is 0 Å². The zero-order valence-corrected chi connectivity index (χ0v) is 17.2. The van der Waals surface area contributed by atoms with Gasteiger partial charge in [-0.1, -0.05) is 41.9 Å². The van der Waals surface area contributed by atoms with Crippen molar-refractivity contribution >= 4 is 31.9 Å². The van der Waals surface area contributed by atoms with Crippen molar-refractivity contribution < 1.29 is 17.9 Å². The summed E-state index contributed by atoms with van der Waals surface area (Å²) in [5.74, 6) is -0.960. The Morgan fingerprint density at radius 1 is 1.15 bits per heavy atom. The summed E-state index contributed by atoms with van der Waals surface area (Å²) in [5, 5.41) is 8.79. The highest BCUT2D eigenvalue weighted by atomic mass is 79.9. The first kappa shape index (κ1) is 21.1. The lowest BCUT2D eigenvalue weighted by atomic mass is 10.1. The maximum atomic E-state index is 12.5. The lowest BCUT2D eigenvalue weighted by Gasteiger charge is -2.21. The molecule has 0 aliphatic carbocycles. The molecular weight excluding hydrogens is 432 g/mol. The molecule has 0 saturated carbocycles. The number of halogens is 1. The predicted molar refractivity (Wildman–Crippen MR) is 104 cm³/mol. The second-order valence-electron chi connectivity index (χ2n) is 6.21. The SMILES string of the molecule is CC(C)C(NS(=O)(=O)c1ccc(Br)cc1)C(=O)OCc1ccc(C#N)cc1. The van der Waals surface area contributed by atoms with Crippen LogP contribution in [0.2, 0.25) is 0 Å². The molecule has 8 heteroatoms. The summed E-state index contributed by atoms with van der Waals surface area (Å²) in [7, 11) is -3.87. The Kier molecular flexibility index (Phi) is 7.13. The Bertz CT molecular complexity index is 933. The number of sulfonamides is 1. The number of carbonyl (C=O) groups is 1. The number of hydrogen-bond acceptors (Lipinski definition) is 5. The van der Waals surface area contributed by atoms with E-state index in [-0.39, 0.29) is 17.4 Å². The van der Waals surface area contributed by atoms with E-state index >= 15 is 0 Å². The van der Waals surface area contributed by atoms with Crippen molar-refractivity contribution in [3.8, 4) is 6.07 Å². The Labute approximate surface area is 167 Å². The lowest BCUT2D eigenvalue weighted by molar-refractivity contribution is -0.148. The minimum atomic E-state index is -3.87. The molecule has 6 nitrogen and oxygen atoms in total. The van der Waals surface area contributed by atoms with Crippen molar-refractivity contribution in [3.63, 3.8) is 0 Å². The number of carbonyl (C=O) groups excluding carboxylic acids is 1. The Morgan fingerprint density at radius 3 is 2.26 bits per heavy atom. The smallest absolute Gasteiger partial charge is 0.324 e. The normalized spacial score (nSPS) is 12.4. The van der Waals surface area contributed by atoms with Crippen LogP contribution in [0.15, 0.2) is 57.9 Å². The van der Waals surface area contributed by atoms with Crippen LogP contribution in [0.25, 0.3) is 0 Å². The van der Waals surface area contributed by atoms with Crippen molar-refractivity contribution in [2.75, 3.05) is 0 Å². The summed E-state index contributed by atoms with van der Waals surface area (Å²) in [6, 6.07) is 13.7. The first-order chi connectivity index (χ1) is 12.7. The molecule has 1 atom stereocenters. The van der Waals surface area contributed by atoms with Gasteiger partial charge in [-0.25, -0.2) is 8.42 Å². The van der Waals surface area contributed by atoms with E-state index in [0.29, 0.717) is 11.1 Å². The second kappa shape index (κ2) is 9.13. The van der Waals surface area contributed by atoms with Crippen LogP contribution in [-0.2, 0) is 26.2 Å². The number of nitrogens with zero attached hydrogens (tertiary/aromatic N) is 1. The molecule has 0 aliphatic rings. The molecule has 0 heterocycles. The van der Waals surface area contributed by atoms with Gasteiger partial charge in [0.1, 0.15) is 12.6 Å². The Morgan fingerprint density at radius 2 is 1.74 bits per heavy atom. The third-order valence-corrected chi connectivity index (χ3v) is 5.78. The van der Waals surface area contributed by atoms with Crippen molar-refractivity contribution in [3.05, 3.63) is 64.1 Å². The van der Waals surface area contributed by atoms with Crippen molar-refractivity contribution in [2.45, 2.75) is 31.4 Å². The van der Waals surface area contributed by atoms with Crippen LogP contribution < -0.4 is 4.72 Å². The van der Waals surface area contributed by atoms with E-state index < -0.39 is 22.0 Å². The monoisotopic (exact) mass is 450 g/mol. The van der Waals surface area contributed by atoms with Gasteiger partial charge < -0.3 is 4.74 Å². The number of hydrogen-bond donors (Lipinski definition) is 1. The van der Waals surface area contributed by atoms with Crippen molar-refractivity contribution in [1.29, 1.82) is 5.26 Å². The minimum absolute atomic E-state index is 0.00618. The van der Waals surface area contributed by atoms with E-state index in [1.165, 1.54) is 12.1 Å². The van der Waals surface area contributed by atoms with Crippen LogP contribution in [0.5, 0.6) is 0 Å². The van der Waals surface area contributed by atoms with E-state index in [1.54, 1.807) is 50.2 Å². The lowest BCUT2D eigenvalue weighted by Crippen LogP contribution is -2.45. The van der Waals surface area contributed by atoms with Crippen LogP contribution in [0.4, 0.5) is 0 Å². The van der Waals surface area contributed by atoms with Gasteiger partial charge in [0.2, 0.25) is 10.0 Å². The molecule has 2 rings (SSSR count). The Hall–Kier alpha value is -2.21. The fourth-order valence-corrected chi connectivity index (χ4v) is 3.82. The molecule has 0 aromatic heterocycles. The number of ether oxygens (including phenoxy) is 1. The fraction of sp³-hybridized carbons (Fsp3) is 0.263. The topological polar surface area (TPSA) is 96.3 Å². The zero-order chi connectivity index (χ0) is 20.0. The molecule has 0 fully saturated rings. The van der Waals surface area contributed by atoms with Gasteiger partial charge >= 0.3 is 5.97 Å². The molecule has 0 amide bonds. The van der Waals surface area contributed by atoms with Crippen molar-refractivity contribution in [1.82, 2.24) is 4.72 Å². The van der Waals surface area contributed by atoms with Crippen molar-refractivity contribution in [2.24, 2.45) is 5.92 Å². The molecule has 0 radical (unpaired) electrons. The number of nitrogens with one attached hydrogen (secondary N) is 1. The third kappa shape index (κ3) is 5.89. The summed E-state index contributed by atoms with van der Waals surface area (Å²) >= 11 is 3.25. The molecular formula is C19H19BrN2O4S. The van der Waals surface area contributed by atoms with Gasteiger partial charge in [0.15, 0.2) is 0 Å². The van der Waals surface area contributed by atoms with Gasteiger partial charge in [-0.3, -0.25) is 4.79 Å². The molecule has 142 valence electrons. The van der Waals surface area contributed by atoms with Crippen LogP contribution in [0.3, 0.4) is 0 Å². The van der Waals surface area contributed by atoms with Gasteiger partial charge in [-0.2, -0.15) is 9.98 Å². The van der Waals surface area contributed by atoms with E-state index in [0.717, 1.165) is 4.47 Å². The molecule has 1 N–H and O–H groups in total. The highest BCUT2D eigenvalue weighted by Crippen LogP contribution is 2.17. The van der Waals surface area contributed by atoms with Gasteiger partial charge in [-0.15, -0.1) is 0 Å². The van der Waals surface area contributed by atoms with E-state index in [9.17, 15) is 13.2 Å². The van der Waals surface area contributed by atoms with Crippen LogP contribution in [0.1, 0.15) is 25.0 Å². The number of esters is 1. The average molecular weight is 451 g/mol. The van der Waals surface area contributed by atoms with E-state index in [1.807, 2.05) is 6.07 Å². The molecule has 27 heavy (non-hydrogen) atoms. The Balaban J connectivity index is 2.07. The summed E-state index contributed by atoms with van der Waals surface area (Å²) in [6.45, 7) is 3.46. The maximum Gasteiger partial charge on any atom is 0.324 e. The average Bonchev–Trinajstić information content (AvgIpc) is 2.64. The maximum absolute atomic E-state index is 12.5. The van der Waals surface area contributed by atoms with Gasteiger partial charge in [-0.05, 0) is 47.9 Å². The third-order valence-electron chi connectivity index (χ3n) is 3.79. The highest BCUT2D eigenvalue weighted by Gasteiger charge is 2.29. The summed E-state index contributed by atoms with van der Waals surface area (Å²) in [5.41, 5.74) is 1.22. The van der Waals surface area contributed by atoms with E-state index in [4.69, 9.17) is 10.00 Å². The summed E-state index contributed by atoms with van der Waals surface area (Å²) < 4.78 is 33.5. The highest BCUT2D eigenvalue weighted by molar-refractivity contribution is 9.10. The fourth-order valence-electron chi connectivity index (χ4n) is 2.23. The van der Waals surface area contributed by atoms with Crippen LogP contribution in [0, 0.1) is 17.2 Å². The summed E-state index contributed by atoms with van der Waals surface area (Å²) in [4.78, 5) is 12.5. The standard InChI is InChI=1S/C19H19BrN2O4S/c1-13(2)18(22-27(24,25)17-9-7-16(20)8-10-17)19(23)26-12-15-5-3-14(11-21)4-6-15/h3-10,13,18,22H,12H2,1-2H3. The second-order valence-corrected chi connectivity index (χ2v) is 8.84.